The average Bonchev–Trinajstić information content (AvgIpc) is 3.05. The van der Waals surface area contributed by atoms with E-state index in [0.717, 1.165) is 56.1 Å². The number of hydrogen-bond donors (Lipinski definition) is 0. The van der Waals surface area contributed by atoms with Crippen molar-refractivity contribution in [1.82, 2.24) is 0 Å². The van der Waals surface area contributed by atoms with Crippen molar-refractivity contribution in [3.05, 3.63) is 115 Å². The molecule has 0 aromatic heterocycles. The predicted molar refractivity (Wildman–Crippen MR) is 175 cm³/mol. The van der Waals surface area contributed by atoms with Crippen molar-refractivity contribution in [3.8, 4) is 0 Å². The van der Waals surface area contributed by atoms with Crippen LogP contribution < -0.4 is 0 Å². The Labute approximate surface area is 273 Å². The van der Waals surface area contributed by atoms with Gasteiger partial charge in [-0.25, -0.2) is 9.59 Å². The van der Waals surface area contributed by atoms with Gasteiger partial charge in [-0.2, -0.15) is 4.89 Å². The molecule has 0 saturated carbocycles. The summed E-state index contributed by atoms with van der Waals surface area (Å²) in [6, 6.07) is 0. The van der Waals surface area contributed by atoms with Crippen molar-refractivity contribution in [2.45, 2.75) is 65.2 Å². The second-order valence-corrected chi connectivity index (χ2v) is 9.87. The largest absolute Gasteiger partial charge is 0.498 e. The SMILES string of the molecule is C=C=COOCCCCCO/C(C)=C/C=C(\C)OCOC1=CC=C(OC(=O)C(=C)/C=C\C(=C)OCCCCCOC(=O)C=C)CC1. The second kappa shape index (κ2) is 25.6. The topological polar surface area (TPSA) is 108 Å². The normalized spacial score (nSPS) is 13.0. The fraction of sp³-hybridized carbons (Fsp3) is 0.417. The minimum atomic E-state index is -0.559. The van der Waals surface area contributed by atoms with Crippen LogP contribution in [-0.2, 0) is 47.8 Å². The van der Waals surface area contributed by atoms with Gasteiger partial charge in [-0.1, -0.05) is 32.0 Å². The summed E-state index contributed by atoms with van der Waals surface area (Å²) in [5.41, 5.74) is 2.63. The molecule has 0 spiro atoms. The van der Waals surface area contributed by atoms with Crippen LogP contribution in [0.4, 0.5) is 0 Å². The van der Waals surface area contributed by atoms with Gasteiger partial charge in [-0.3, -0.25) is 0 Å². The second-order valence-electron chi connectivity index (χ2n) is 9.87. The molecular weight excluding hydrogens is 592 g/mol. The molecule has 0 fully saturated rings. The summed E-state index contributed by atoms with van der Waals surface area (Å²) >= 11 is 0. The van der Waals surface area contributed by atoms with Crippen molar-refractivity contribution in [3.63, 3.8) is 0 Å². The van der Waals surface area contributed by atoms with Crippen LogP contribution in [0.15, 0.2) is 115 Å². The minimum absolute atomic E-state index is 0.0535. The van der Waals surface area contributed by atoms with E-state index in [-0.39, 0.29) is 12.4 Å². The van der Waals surface area contributed by atoms with Crippen molar-refractivity contribution >= 4 is 11.9 Å². The highest BCUT2D eigenvalue weighted by Crippen LogP contribution is 2.21. The molecule has 0 heterocycles. The van der Waals surface area contributed by atoms with Crippen LogP contribution in [0.3, 0.4) is 0 Å². The molecule has 0 saturated heterocycles. The maximum atomic E-state index is 12.4. The maximum Gasteiger partial charge on any atom is 0.342 e. The molecule has 46 heavy (non-hydrogen) atoms. The third-order valence-corrected chi connectivity index (χ3v) is 6.00. The van der Waals surface area contributed by atoms with E-state index in [4.69, 9.17) is 38.2 Å². The molecule has 252 valence electrons. The lowest BCUT2D eigenvalue weighted by molar-refractivity contribution is -0.248. The number of carbonyl (C=O) groups is 2. The van der Waals surface area contributed by atoms with E-state index in [1.807, 2.05) is 26.0 Å². The smallest absolute Gasteiger partial charge is 0.342 e. The maximum absolute atomic E-state index is 12.4. The number of unbranched alkanes of at least 4 members (excludes halogenated alkanes) is 4. The standard InChI is InChI=1S/C36H48O10/c1-7-23-44-45-27-14-10-12-25-40-31(5)17-18-32(6)42-28-43-33-19-21-34(22-20-33)46-36(38)29(3)15-16-30(4)39-24-11-9-13-26-41-35(37)8-2/h8,15-19,21,23H,1-4,9-14,20,22,24-28H2,5-6H3/b16-15-,31-17+,32-18+. The molecule has 10 nitrogen and oxygen atoms in total. The molecule has 0 aromatic rings. The monoisotopic (exact) mass is 640 g/mol. The summed E-state index contributed by atoms with van der Waals surface area (Å²) in [5, 5.41) is 0. The first-order valence-corrected chi connectivity index (χ1v) is 15.2. The van der Waals surface area contributed by atoms with Crippen LogP contribution >= 0.6 is 0 Å². The van der Waals surface area contributed by atoms with E-state index < -0.39 is 11.9 Å². The first kappa shape index (κ1) is 39.4. The third-order valence-electron chi connectivity index (χ3n) is 6.00. The van der Waals surface area contributed by atoms with Gasteiger partial charge >= 0.3 is 11.9 Å². The van der Waals surface area contributed by atoms with E-state index in [1.165, 1.54) is 12.3 Å². The van der Waals surface area contributed by atoms with Crippen molar-refractivity contribution in [2.75, 3.05) is 33.2 Å². The predicted octanol–water partition coefficient (Wildman–Crippen LogP) is 7.87. The van der Waals surface area contributed by atoms with Crippen LogP contribution in [-0.4, -0.2) is 45.2 Å². The fourth-order valence-electron chi connectivity index (χ4n) is 3.43. The van der Waals surface area contributed by atoms with E-state index in [9.17, 15) is 9.59 Å². The lowest BCUT2D eigenvalue weighted by Crippen LogP contribution is -2.09. The summed E-state index contributed by atoms with van der Waals surface area (Å²) in [5.74, 6) is 2.12. The van der Waals surface area contributed by atoms with E-state index in [1.54, 1.807) is 18.2 Å². The molecule has 1 aliphatic rings. The summed E-state index contributed by atoms with van der Waals surface area (Å²) in [7, 11) is 0. The highest BCUT2D eigenvalue weighted by Gasteiger charge is 2.14. The molecular formula is C36H48O10. The quantitative estimate of drug-likeness (QED) is 0.0107. The number of rotatable bonds is 26. The van der Waals surface area contributed by atoms with E-state index >= 15 is 0 Å². The Morgan fingerprint density at radius 3 is 2.07 bits per heavy atom. The molecule has 0 aromatic carbocycles. The number of esters is 2. The Balaban J connectivity index is 2.24. The van der Waals surface area contributed by atoms with Gasteiger partial charge in [0.25, 0.3) is 0 Å². The van der Waals surface area contributed by atoms with Gasteiger partial charge in [0.2, 0.25) is 6.79 Å². The molecule has 1 rings (SSSR count). The third kappa shape index (κ3) is 21.1. The van der Waals surface area contributed by atoms with Crippen molar-refractivity contribution < 1.29 is 47.8 Å². The summed E-state index contributed by atoms with van der Waals surface area (Å²) in [6.45, 7) is 20.0. The number of carbonyl (C=O) groups excluding carboxylic acids is 2. The van der Waals surface area contributed by atoms with Gasteiger partial charge in [-0.05, 0) is 88.8 Å². The molecule has 0 amide bonds. The van der Waals surface area contributed by atoms with Gasteiger partial charge in [0, 0.05) is 18.9 Å². The molecule has 0 N–H and O–H groups in total. The molecule has 0 aliphatic heterocycles. The number of allylic oxidation sites excluding steroid dienone is 9. The summed E-state index contributed by atoms with van der Waals surface area (Å²) in [4.78, 5) is 33.0. The Kier molecular flexibility index (Phi) is 21.9. The molecule has 1 aliphatic carbocycles. The van der Waals surface area contributed by atoms with Gasteiger partial charge < -0.3 is 33.3 Å². The summed E-state index contributed by atoms with van der Waals surface area (Å²) in [6.07, 6.45) is 18.7. The first-order chi connectivity index (χ1) is 22.2. The van der Waals surface area contributed by atoms with Gasteiger partial charge in [0.1, 0.15) is 17.3 Å². The zero-order chi connectivity index (χ0) is 33.8. The average molecular weight is 641 g/mol. The minimum Gasteiger partial charge on any atom is -0.498 e. The van der Waals surface area contributed by atoms with Crippen LogP contribution in [0.2, 0.25) is 0 Å². The highest BCUT2D eigenvalue weighted by molar-refractivity contribution is 5.91. The van der Waals surface area contributed by atoms with E-state index in [0.29, 0.717) is 56.5 Å². The zero-order valence-electron chi connectivity index (χ0n) is 27.2. The zero-order valence-corrected chi connectivity index (χ0v) is 27.2. The fourth-order valence-corrected chi connectivity index (χ4v) is 3.43. The molecule has 0 unspecified atom stereocenters. The highest BCUT2D eigenvalue weighted by atomic mass is 17.2. The van der Waals surface area contributed by atoms with Gasteiger partial charge in [-0.15, -0.1) is 0 Å². The van der Waals surface area contributed by atoms with Crippen LogP contribution in [0.5, 0.6) is 0 Å². The molecule has 0 atom stereocenters. The number of hydrogen-bond acceptors (Lipinski definition) is 10. The van der Waals surface area contributed by atoms with Crippen LogP contribution in [0, 0.1) is 0 Å². The Morgan fingerprint density at radius 1 is 0.804 bits per heavy atom. The summed E-state index contributed by atoms with van der Waals surface area (Å²) < 4.78 is 32.9. The van der Waals surface area contributed by atoms with Crippen LogP contribution in [0.25, 0.3) is 0 Å². The molecule has 0 bridgehead atoms. The Morgan fingerprint density at radius 2 is 1.41 bits per heavy atom. The van der Waals surface area contributed by atoms with Gasteiger partial charge in [0.15, 0.2) is 6.26 Å². The number of ether oxygens (including phenoxy) is 6. The van der Waals surface area contributed by atoms with Crippen LogP contribution in [0.1, 0.15) is 65.2 Å². The lowest BCUT2D eigenvalue weighted by atomic mass is 10.1. The molecule has 0 radical (unpaired) electrons. The Hall–Kier alpha value is -4.66. The van der Waals surface area contributed by atoms with Gasteiger partial charge in [0.05, 0.1) is 43.5 Å². The van der Waals surface area contributed by atoms with Crippen molar-refractivity contribution in [1.29, 1.82) is 0 Å². The molecule has 10 heteroatoms. The van der Waals surface area contributed by atoms with Crippen molar-refractivity contribution in [2.24, 2.45) is 0 Å². The Bertz CT molecular complexity index is 1200. The van der Waals surface area contributed by atoms with E-state index in [2.05, 4.69) is 32.0 Å². The first-order valence-electron chi connectivity index (χ1n) is 15.2. The lowest BCUT2D eigenvalue weighted by Gasteiger charge is -2.16.